The molecule has 17 heavy (non-hydrogen) atoms. The molecule has 0 fully saturated rings. The van der Waals surface area contributed by atoms with Gasteiger partial charge in [0.05, 0.1) is 10.9 Å². The maximum atomic E-state index is 11.9. The van der Waals surface area contributed by atoms with E-state index >= 15 is 0 Å². The third-order valence-corrected chi connectivity index (χ3v) is 3.07. The van der Waals surface area contributed by atoms with Crippen molar-refractivity contribution in [2.75, 3.05) is 7.05 Å². The summed E-state index contributed by atoms with van der Waals surface area (Å²) in [6, 6.07) is 7.40. The molecule has 0 saturated heterocycles. The molecule has 0 saturated carbocycles. The Morgan fingerprint density at radius 1 is 1.59 bits per heavy atom. The molecule has 0 bridgehead atoms. The minimum Gasteiger partial charge on any atom is -0.393 e. The van der Waals surface area contributed by atoms with Gasteiger partial charge in [0, 0.05) is 18.6 Å². The van der Waals surface area contributed by atoms with Gasteiger partial charge < -0.3 is 10.6 Å². The summed E-state index contributed by atoms with van der Waals surface area (Å²) >= 11 is 10.7. The van der Waals surface area contributed by atoms with Crippen molar-refractivity contribution in [3.63, 3.8) is 0 Å². The van der Waals surface area contributed by atoms with E-state index in [1.54, 1.807) is 24.9 Å². The van der Waals surface area contributed by atoms with Crippen molar-refractivity contribution in [1.29, 1.82) is 0 Å². The molecule has 0 heterocycles. The number of rotatable bonds is 4. The van der Waals surface area contributed by atoms with Gasteiger partial charge in [0.15, 0.2) is 0 Å². The number of nitrogens with zero attached hydrogens (tertiary/aromatic N) is 1. The molecule has 0 aromatic heterocycles. The number of carbonyl (C=O) groups is 1. The molecule has 92 valence electrons. The fourth-order valence-corrected chi connectivity index (χ4v) is 1.75. The van der Waals surface area contributed by atoms with E-state index < -0.39 is 5.92 Å². The summed E-state index contributed by atoms with van der Waals surface area (Å²) in [6.07, 6.45) is 0. The molecule has 0 radical (unpaired) electrons. The SMILES string of the molecule is CC(C(=O)N(C)Cc1cccc(Cl)c1)C(N)=S. The highest BCUT2D eigenvalue weighted by atomic mass is 35.5. The highest BCUT2D eigenvalue weighted by Gasteiger charge is 2.19. The standard InChI is InChI=1S/C12H15ClN2OS/c1-8(11(14)17)12(16)15(2)7-9-4-3-5-10(13)6-9/h3-6,8H,7H2,1-2H3,(H2,14,17). The number of halogens is 1. The molecule has 1 unspecified atom stereocenters. The molecular weight excluding hydrogens is 256 g/mol. The largest absolute Gasteiger partial charge is 0.393 e. The zero-order chi connectivity index (χ0) is 13.0. The fourth-order valence-electron chi connectivity index (χ4n) is 1.44. The molecule has 1 amide bonds. The van der Waals surface area contributed by atoms with Crippen molar-refractivity contribution >= 4 is 34.7 Å². The highest BCUT2D eigenvalue weighted by Crippen LogP contribution is 2.13. The summed E-state index contributed by atoms with van der Waals surface area (Å²) < 4.78 is 0. The molecule has 0 aliphatic carbocycles. The maximum Gasteiger partial charge on any atom is 0.232 e. The fraction of sp³-hybridized carbons (Fsp3) is 0.333. The number of hydrogen-bond donors (Lipinski definition) is 1. The van der Waals surface area contributed by atoms with Crippen LogP contribution in [0.3, 0.4) is 0 Å². The van der Waals surface area contributed by atoms with Gasteiger partial charge in [-0.25, -0.2) is 0 Å². The molecule has 1 atom stereocenters. The summed E-state index contributed by atoms with van der Waals surface area (Å²) in [6.45, 7) is 2.20. The van der Waals surface area contributed by atoms with E-state index in [1.807, 2.05) is 18.2 Å². The zero-order valence-electron chi connectivity index (χ0n) is 9.81. The number of hydrogen-bond acceptors (Lipinski definition) is 2. The van der Waals surface area contributed by atoms with Crippen LogP contribution >= 0.6 is 23.8 Å². The summed E-state index contributed by atoms with van der Waals surface area (Å²) in [5, 5.41) is 0.658. The van der Waals surface area contributed by atoms with Crippen LogP contribution < -0.4 is 5.73 Å². The first-order chi connectivity index (χ1) is 7.91. The molecule has 1 aromatic carbocycles. The average molecular weight is 271 g/mol. The Labute approximate surface area is 112 Å². The molecule has 5 heteroatoms. The van der Waals surface area contributed by atoms with Crippen molar-refractivity contribution in [3.8, 4) is 0 Å². The zero-order valence-corrected chi connectivity index (χ0v) is 11.4. The summed E-state index contributed by atoms with van der Waals surface area (Å²) in [5.74, 6) is -0.522. The van der Waals surface area contributed by atoms with Crippen LogP contribution in [0.1, 0.15) is 12.5 Å². The van der Waals surface area contributed by atoms with Gasteiger partial charge in [-0.3, -0.25) is 4.79 Å². The summed E-state index contributed by atoms with van der Waals surface area (Å²) in [5.41, 5.74) is 6.43. The van der Waals surface area contributed by atoms with E-state index in [4.69, 9.17) is 29.6 Å². The van der Waals surface area contributed by atoms with Gasteiger partial charge in [-0.2, -0.15) is 0 Å². The van der Waals surface area contributed by atoms with Crippen LogP contribution in [0.4, 0.5) is 0 Å². The monoisotopic (exact) mass is 270 g/mol. The minimum atomic E-state index is -0.436. The van der Waals surface area contributed by atoms with Gasteiger partial charge in [0.2, 0.25) is 5.91 Å². The van der Waals surface area contributed by atoms with Crippen LogP contribution in [-0.4, -0.2) is 22.8 Å². The molecule has 1 aromatic rings. The Morgan fingerprint density at radius 2 is 2.24 bits per heavy atom. The Bertz CT molecular complexity index is 436. The molecule has 0 aliphatic rings. The van der Waals surface area contributed by atoms with E-state index in [9.17, 15) is 4.79 Å². The van der Waals surface area contributed by atoms with Crippen molar-refractivity contribution in [2.24, 2.45) is 11.7 Å². The Morgan fingerprint density at radius 3 is 2.76 bits per heavy atom. The van der Waals surface area contributed by atoms with E-state index in [-0.39, 0.29) is 10.9 Å². The van der Waals surface area contributed by atoms with E-state index in [1.165, 1.54) is 0 Å². The van der Waals surface area contributed by atoms with Crippen molar-refractivity contribution in [1.82, 2.24) is 4.90 Å². The second-order valence-corrected chi connectivity index (χ2v) is 4.86. The number of benzene rings is 1. The lowest BCUT2D eigenvalue weighted by Gasteiger charge is -2.20. The van der Waals surface area contributed by atoms with Crippen LogP contribution in [-0.2, 0) is 11.3 Å². The van der Waals surface area contributed by atoms with Crippen LogP contribution in [0, 0.1) is 5.92 Å². The molecular formula is C12H15ClN2OS. The normalized spacial score (nSPS) is 11.9. The van der Waals surface area contributed by atoms with Crippen molar-refractivity contribution in [2.45, 2.75) is 13.5 Å². The second kappa shape index (κ2) is 5.98. The van der Waals surface area contributed by atoms with Crippen LogP contribution in [0.2, 0.25) is 5.02 Å². The number of thiocarbonyl (C=S) groups is 1. The number of nitrogens with two attached hydrogens (primary N) is 1. The van der Waals surface area contributed by atoms with Gasteiger partial charge in [0.25, 0.3) is 0 Å². The Hall–Kier alpha value is -1.13. The first-order valence-corrected chi connectivity index (χ1v) is 5.99. The average Bonchev–Trinajstić information content (AvgIpc) is 2.26. The highest BCUT2D eigenvalue weighted by molar-refractivity contribution is 7.80. The Kier molecular flexibility index (Phi) is 4.90. The van der Waals surface area contributed by atoms with Gasteiger partial charge in [-0.1, -0.05) is 36.0 Å². The predicted molar refractivity (Wildman–Crippen MR) is 73.9 cm³/mol. The predicted octanol–water partition coefficient (Wildman–Crippen LogP) is 2.22. The first-order valence-electron chi connectivity index (χ1n) is 5.20. The van der Waals surface area contributed by atoms with Crippen LogP contribution in [0.5, 0.6) is 0 Å². The summed E-state index contributed by atoms with van der Waals surface area (Å²) in [4.78, 5) is 13.7. The smallest absolute Gasteiger partial charge is 0.232 e. The number of amides is 1. The van der Waals surface area contributed by atoms with Gasteiger partial charge in [0.1, 0.15) is 0 Å². The van der Waals surface area contributed by atoms with Gasteiger partial charge >= 0.3 is 0 Å². The van der Waals surface area contributed by atoms with Crippen LogP contribution in [0.15, 0.2) is 24.3 Å². The molecule has 1 rings (SSSR count). The van der Waals surface area contributed by atoms with Gasteiger partial charge in [-0.15, -0.1) is 0 Å². The molecule has 0 spiro atoms. The topological polar surface area (TPSA) is 46.3 Å². The first kappa shape index (κ1) is 13.9. The molecule has 3 nitrogen and oxygen atoms in total. The lowest BCUT2D eigenvalue weighted by atomic mass is 10.1. The lowest BCUT2D eigenvalue weighted by molar-refractivity contribution is -0.132. The quantitative estimate of drug-likeness (QED) is 0.854. The van der Waals surface area contributed by atoms with Crippen molar-refractivity contribution < 1.29 is 4.79 Å². The third kappa shape index (κ3) is 3.98. The lowest BCUT2D eigenvalue weighted by Crippen LogP contribution is -2.37. The minimum absolute atomic E-state index is 0.0857. The summed E-state index contributed by atoms with van der Waals surface area (Å²) in [7, 11) is 1.72. The molecule has 0 aliphatic heterocycles. The maximum absolute atomic E-state index is 11.9. The van der Waals surface area contributed by atoms with E-state index in [0.29, 0.717) is 11.6 Å². The van der Waals surface area contributed by atoms with E-state index in [2.05, 4.69) is 0 Å². The van der Waals surface area contributed by atoms with E-state index in [0.717, 1.165) is 5.56 Å². The Balaban J connectivity index is 2.69. The molecule has 2 N–H and O–H groups in total. The number of carbonyl (C=O) groups excluding carboxylic acids is 1. The van der Waals surface area contributed by atoms with Gasteiger partial charge in [-0.05, 0) is 24.6 Å². The second-order valence-electron chi connectivity index (χ2n) is 3.95. The third-order valence-electron chi connectivity index (χ3n) is 2.48. The van der Waals surface area contributed by atoms with Crippen LogP contribution in [0.25, 0.3) is 0 Å². The van der Waals surface area contributed by atoms with Crippen molar-refractivity contribution in [3.05, 3.63) is 34.9 Å².